The Labute approximate surface area is 123 Å². The minimum atomic E-state index is -4.41. The fourth-order valence-electron chi connectivity index (χ4n) is 2.95. The summed E-state index contributed by atoms with van der Waals surface area (Å²) in [5.41, 5.74) is 2.18. The quantitative estimate of drug-likeness (QED) is 0.568. The summed E-state index contributed by atoms with van der Waals surface area (Å²) in [5, 5.41) is -1.94. The van der Waals surface area contributed by atoms with E-state index in [1.54, 1.807) is 6.07 Å². The van der Waals surface area contributed by atoms with E-state index in [4.69, 9.17) is 11.6 Å². The van der Waals surface area contributed by atoms with Gasteiger partial charge in [-0.3, -0.25) is 0 Å². The average molecular weight is 305 g/mol. The molecule has 20 heavy (non-hydrogen) atoms. The zero-order chi connectivity index (χ0) is 15.3. The zero-order valence-corrected chi connectivity index (χ0v) is 13.0. The molecule has 0 heterocycles. The summed E-state index contributed by atoms with van der Waals surface area (Å²) < 4.78 is 38.3. The first-order valence-corrected chi connectivity index (χ1v) is 7.24. The van der Waals surface area contributed by atoms with E-state index >= 15 is 0 Å². The van der Waals surface area contributed by atoms with Crippen LogP contribution < -0.4 is 0 Å². The van der Waals surface area contributed by atoms with Crippen LogP contribution in [0, 0.1) is 0 Å². The first-order valence-electron chi connectivity index (χ1n) is 6.81. The molecule has 0 radical (unpaired) electrons. The molecule has 0 aromatic heterocycles. The highest BCUT2D eigenvalue weighted by Gasteiger charge is 2.42. The molecule has 0 nitrogen and oxygen atoms in total. The third kappa shape index (κ3) is 2.69. The van der Waals surface area contributed by atoms with Gasteiger partial charge in [-0.25, -0.2) is 0 Å². The topological polar surface area (TPSA) is 0 Å². The Morgan fingerprint density at radius 1 is 1.00 bits per heavy atom. The van der Waals surface area contributed by atoms with E-state index in [-0.39, 0.29) is 16.4 Å². The van der Waals surface area contributed by atoms with Crippen molar-refractivity contribution < 1.29 is 13.2 Å². The third-order valence-electron chi connectivity index (χ3n) is 4.46. The molecule has 1 aliphatic rings. The minimum absolute atomic E-state index is 0.00340. The van der Waals surface area contributed by atoms with Crippen molar-refractivity contribution in [2.45, 2.75) is 62.9 Å². The second-order valence-corrected chi connectivity index (χ2v) is 7.41. The smallest absolute Gasteiger partial charge is 0.169 e. The van der Waals surface area contributed by atoms with Crippen LogP contribution in [-0.4, -0.2) is 6.18 Å². The van der Waals surface area contributed by atoms with Gasteiger partial charge < -0.3 is 0 Å². The van der Waals surface area contributed by atoms with Crippen LogP contribution in [0.1, 0.15) is 62.6 Å². The lowest BCUT2D eigenvalue weighted by Gasteiger charge is -2.42. The van der Waals surface area contributed by atoms with Crippen molar-refractivity contribution in [3.63, 3.8) is 0 Å². The normalized spacial score (nSPS) is 22.2. The first kappa shape index (κ1) is 15.7. The van der Waals surface area contributed by atoms with Crippen LogP contribution in [0.5, 0.6) is 0 Å². The molecule has 1 atom stereocenters. The van der Waals surface area contributed by atoms with Crippen molar-refractivity contribution in [1.29, 1.82) is 0 Å². The zero-order valence-electron chi connectivity index (χ0n) is 12.2. The summed E-state index contributed by atoms with van der Waals surface area (Å²) in [7, 11) is 0. The monoisotopic (exact) mass is 304 g/mol. The molecule has 2 rings (SSSR count). The largest absolute Gasteiger partial charge is 0.408 e. The van der Waals surface area contributed by atoms with Crippen molar-refractivity contribution in [2.75, 3.05) is 0 Å². The first-order chi connectivity index (χ1) is 8.95. The Morgan fingerprint density at radius 3 is 2.00 bits per heavy atom. The fraction of sp³-hybridized carbons (Fsp3) is 0.625. The molecule has 0 aliphatic heterocycles. The molecule has 112 valence electrons. The Kier molecular flexibility index (Phi) is 3.65. The van der Waals surface area contributed by atoms with Crippen LogP contribution in [0.15, 0.2) is 18.2 Å². The molecular formula is C16H20ClF3. The van der Waals surface area contributed by atoms with Gasteiger partial charge in [0.05, 0.1) is 0 Å². The van der Waals surface area contributed by atoms with Gasteiger partial charge in [-0.1, -0.05) is 45.9 Å². The molecule has 0 spiro atoms. The number of alkyl halides is 4. The Balaban J connectivity index is 2.54. The number of rotatable bonds is 1. The van der Waals surface area contributed by atoms with Gasteiger partial charge in [0.25, 0.3) is 0 Å². The van der Waals surface area contributed by atoms with E-state index in [2.05, 4.69) is 27.7 Å². The average Bonchev–Trinajstić information content (AvgIpc) is 2.33. The van der Waals surface area contributed by atoms with Crippen molar-refractivity contribution in [3.8, 4) is 0 Å². The molecule has 0 fully saturated rings. The molecule has 1 unspecified atom stereocenters. The summed E-state index contributed by atoms with van der Waals surface area (Å²) >= 11 is 5.56. The molecule has 0 saturated heterocycles. The van der Waals surface area contributed by atoms with Gasteiger partial charge >= 0.3 is 6.18 Å². The van der Waals surface area contributed by atoms with Gasteiger partial charge in [0.1, 0.15) is 0 Å². The number of hydrogen-bond donors (Lipinski definition) is 0. The van der Waals surface area contributed by atoms with E-state index in [1.807, 2.05) is 6.07 Å². The molecule has 0 saturated carbocycles. The Bertz CT molecular complexity index is 515. The predicted molar refractivity (Wildman–Crippen MR) is 76.4 cm³/mol. The number of benzene rings is 1. The van der Waals surface area contributed by atoms with E-state index in [0.29, 0.717) is 0 Å². The maximum atomic E-state index is 12.8. The highest BCUT2D eigenvalue weighted by molar-refractivity contribution is 6.21. The van der Waals surface area contributed by atoms with E-state index in [0.717, 1.165) is 24.0 Å². The van der Waals surface area contributed by atoms with E-state index < -0.39 is 11.6 Å². The van der Waals surface area contributed by atoms with Crippen LogP contribution in [-0.2, 0) is 10.8 Å². The van der Waals surface area contributed by atoms with Crippen LogP contribution in [0.25, 0.3) is 0 Å². The van der Waals surface area contributed by atoms with Crippen LogP contribution in [0.3, 0.4) is 0 Å². The highest BCUT2D eigenvalue weighted by atomic mass is 35.5. The Hall–Kier alpha value is -0.700. The lowest BCUT2D eigenvalue weighted by atomic mass is 9.63. The van der Waals surface area contributed by atoms with Crippen molar-refractivity contribution >= 4 is 11.6 Å². The van der Waals surface area contributed by atoms with E-state index in [9.17, 15) is 13.2 Å². The minimum Gasteiger partial charge on any atom is -0.169 e. The SMILES string of the molecule is CC1(C)CCC(C)(C)c2cc(C(Cl)C(F)(F)F)ccc21. The van der Waals surface area contributed by atoms with Gasteiger partial charge in [-0.05, 0) is 40.4 Å². The molecular weight excluding hydrogens is 285 g/mol. The van der Waals surface area contributed by atoms with Crippen LogP contribution in [0.4, 0.5) is 13.2 Å². The van der Waals surface area contributed by atoms with Gasteiger partial charge in [0.15, 0.2) is 5.38 Å². The van der Waals surface area contributed by atoms with Gasteiger partial charge in [0.2, 0.25) is 0 Å². The van der Waals surface area contributed by atoms with Crippen molar-refractivity contribution in [1.82, 2.24) is 0 Å². The van der Waals surface area contributed by atoms with Crippen molar-refractivity contribution in [2.24, 2.45) is 0 Å². The summed E-state index contributed by atoms with van der Waals surface area (Å²) in [6, 6.07) is 5.00. The molecule has 4 heteroatoms. The molecule has 0 bridgehead atoms. The third-order valence-corrected chi connectivity index (χ3v) is 4.96. The van der Waals surface area contributed by atoms with Gasteiger partial charge in [-0.15, -0.1) is 11.6 Å². The van der Waals surface area contributed by atoms with Gasteiger partial charge in [-0.2, -0.15) is 13.2 Å². The maximum Gasteiger partial charge on any atom is 0.408 e. The molecule has 1 aliphatic carbocycles. The lowest BCUT2D eigenvalue weighted by molar-refractivity contribution is -0.131. The standard InChI is InChI=1S/C16H20ClF3/c1-14(2)7-8-15(3,4)12-9-10(5-6-11(12)14)13(17)16(18,19)20/h5-6,9,13H,7-8H2,1-4H3. The van der Waals surface area contributed by atoms with E-state index in [1.165, 1.54) is 6.07 Å². The summed E-state index contributed by atoms with van der Waals surface area (Å²) in [6.07, 6.45) is -2.41. The number of fused-ring (bicyclic) bond motifs is 1. The maximum absolute atomic E-state index is 12.8. The van der Waals surface area contributed by atoms with Crippen LogP contribution >= 0.6 is 11.6 Å². The molecule has 0 N–H and O–H groups in total. The van der Waals surface area contributed by atoms with Gasteiger partial charge in [0, 0.05) is 0 Å². The van der Waals surface area contributed by atoms with Crippen molar-refractivity contribution in [3.05, 3.63) is 34.9 Å². The lowest BCUT2D eigenvalue weighted by Crippen LogP contribution is -2.34. The fourth-order valence-corrected chi connectivity index (χ4v) is 3.09. The summed E-state index contributed by atoms with van der Waals surface area (Å²) in [4.78, 5) is 0. The van der Waals surface area contributed by atoms with Crippen LogP contribution in [0.2, 0.25) is 0 Å². The highest BCUT2D eigenvalue weighted by Crippen LogP contribution is 2.47. The number of halogens is 4. The number of hydrogen-bond acceptors (Lipinski definition) is 0. The second-order valence-electron chi connectivity index (χ2n) is 6.98. The second kappa shape index (κ2) is 4.66. The molecule has 0 amide bonds. The molecule has 1 aromatic rings. The summed E-state index contributed by atoms with van der Waals surface area (Å²) in [5.74, 6) is 0. The Morgan fingerprint density at radius 2 is 1.50 bits per heavy atom. The summed E-state index contributed by atoms with van der Waals surface area (Å²) in [6.45, 7) is 8.45. The molecule has 1 aromatic carbocycles. The predicted octanol–water partition coefficient (Wildman–Crippen LogP) is 5.88.